The zero-order valence-corrected chi connectivity index (χ0v) is 20.0. The summed E-state index contributed by atoms with van der Waals surface area (Å²) in [6.45, 7) is 4.05. The molecule has 0 aliphatic carbocycles. The normalized spacial score (nSPS) is 19.8. The van der Waals surface area contributed by atoms with Crippen molar-refractivity contribution in [2.45, 2.75) is 64.5 Å². The van der Waals surface area contributed by atoms with Crippen molar-refractivity contribution in [3.63, 3.8) is 0 Å². The van der Waals surface area contributed by atoms with E-state index in [0.29, 0.717) is 24.3 Å². The number of hydrogen-bond acceptors (Lipinski definition) is 3. The predicted molar refractivity (Wildman–Crippen MR) is 130 cm³/mol. The van der Waals surface area contributed by atoms with E-state index in [1.165, 1.54) is 24.3 Å². The lowest BCUT2D eigenvalue weighted by atomic mass is 9.96. The molecular formula is C26H30F2N2O2S. The van der Waals surface area contributed by atoms with Crippen LogP contribution in [0.5, 0.6) is 0 Å². The average molecular weight is 473 g/mol. The van der Waals surface area contributed by atoms with Crippen LogP contribution >= 0.6 is 11.8 Å². The third kappa shape index (κ3) is 5.24. The van der Waals surface area contributed by atoms with E-state index < -0.39 is 0 Å². The van der Waals surface area contributed by atoms with Gasteiger partial charge in [0.05, 0.1) is 0 Å². The molecule has 0 radical (unpaired) electrons. The molecule has 2 aromatic rings. The van der Waals surface area contributed by atoms with Gasteiger partial charge < -0.3 is 9.80 Å². The van der Waals surface area contributed by atoms with Gasteiger partial charge in [-0.1, -0.05) is 0 Å². The first-order valence-electron chi connectivity index (χ1n) is 11.6. The van der Waals surface area contributed by atoms with E-state index in [9.17, 15) is 18.4 Å². The van der Waals surface area contributed by atoms with E-state index in [0.717, 1.165) is 48.2 Å². The SMILES string of the molecule is C[C@@H]1CCc2cc(F)ccc2N1C(=O)CCSCCC(=O)N1c2ccc(F)cc2CC[C@@H]1C. The van der Waals surface area contributed by atoms with Gasteiger partial charge in [0.1, 0.15) is 11.6 Å². The van der Waals surface area contributed by atoms with Crippen molar-refractivity contribution in [1.82, 2.24) is 0 Å². The number of carbonyl (C=O) groups excluding carboxylic acids is 2. The van der Waals surface area contributed by atoms with Crippen LogP contribution < -0.4 is 9.80 Å². The van der Waals surface area contributed by atoms with Crippen LogP contribution in [-0.2, 0) is 22.4 Å². The van der Waals surface area contributed by atoms with Gasteiger partial charge in [0.2, 0.25) is 11.8 Å². The highest BCUT2D eigenvalue weighted by Crippen LogP contribution is 2.33. The van der Waals surface area contributed by atoms with Crippen molar-refractivity contribution in [2.75, 3.05) is 21.3 Å². The molecule has 0 N–H and O–H groups in total. The molecule has 0 saturated carbocycles. The van der Waals surface area contributed by atoms with Crippen molar-refractivity contribution in [1.29, 1.82) is 0 Å². The Morgan fingerprint density at radius 2 is 1.24 bits per heavy atom. The van der Waals surface area contributed by atoms with Gasteiger partial charge >= 0.3 is 0 Å². The van der Waals surface area contributed by atoms with Crippen LogP contribution in [0, 0.1) is 11.6 Å². The molecule has 2 heterocycles. The van der Waals surface area contributed by atoms with Gasteiger partial charge in [0.25, 0.3) is 0 Å². The van der Waals surface area contributed by atoms with Crippen LogP contribution in [0.4, 0.5) is 20.2 Å². The van der Waals surface area contributed by atoms with Gasteiger partial charge in [0, 0.05) is 47.8 Å². The third-order valence-corrected chi connectivity index (χ3v) is 7.59. The van der Waals surface area contributed by atoms with Crippen LogP contribution in [0.2, 0.25) is 0 Å². The predicted octanol–water partition coefficient (Wildman–Crippen LogP) is 5.51. The van der Waals surface area contributed by atoms with E-state index in [4.69, 9.17) is 0 Å². The fourth-order valence-corrected chi connectivity index (χ4v) is 5.70. The molecule has 0 aromatic heterocycles. The van der Waals surface area contributed by atoms with Gasteiger partial charge in [-0.2, -0.15) is 11.8 Å². The first-order valence-corrected chi connectivity index (χ1v) is 12.8. The molecule has 2 atom stereocenters. The molecule has 33 heavy (non-hydrogen) atoms. The monoisotopic (exact) mass is 472 g/mol. The van der Waals surface area contributed by atoms with Gasteiger partial charge in [-0.25, -0.2) is 8.78 Å². The Kier molecular flexibility index (Phi) is 7.37. The second-order valence-electron chi connectivity index (χ2n) is 8.96. The van der Waals surface area contributed by atoms with Crippen molar-refractivity contribution < 1.29 is 18.4 Å². The number of aryl methyl sites for hydroxylation is 2. The molecule has 176 valence electrons. The van der Waals surface area contributed by atoms with Gasteiger partial charge in [-0.3, -0.25) is 9.59 Å². The number of halogens is 2. The summed E-state index contributed by atoms with van der Waals surface area (Å²) in [7, 11) is 0. The minimum atomic E-state index is -0.272. The Hall–Kier alpha value is -2.41. The second-order valence-corrected chi connectivity index (χ2v) is 10.2. The maximum atomic E-state index is 13.6. The summed E-state index contributed by atoms with van der Waals surface area (Å²) >= 11 is 1.59. The number of nitrogens with zero attached hydrogens (tertiary/aromatic N) is 2. The van der Waals surface area contributed by atoms with Crippen LogP contribution in [-0.4, -0.2) is 35.4 Å². The van der Waals surface area contributed by atoms with Gasteiger partial charge in [0.15, 0.2) is 0 Å². The van der Waals surface area contributed by atoms with Gasteiger partial charge in [-0.05, 0) is 87.1 Å². The molecule has 2 amide bonds. The molecule has 2 aliphatic rings. The highest BCUT2D eigenvalue weighted by molar-refractivity contribution is 7.99. The fourth-order valence-electron chi connectivity index (χ4n) is 4.86. The average Bonchev–Trinajstić information content (AvgIpc) is 2.78. The Morgan fingerprint density at radius 3 is 1.67 bits per heavy atom. The smallest absolute Gasteiger partial charge is 0.228 e. The summed E-state index contributed by atoms with van der Waals surface area (Å²) < 4.78 is 27.2. The lowest BCUT2D eigenvalue weighted by Crippen LogP contribution is -2.42. The van der Waals surface area contributed by atoms with E-state index in [2.05, 4.69) is 0 Å². The molecule has 2 aliphatic heterocycles. The fraction of sp³-hybridized carbons (Fsp3) is 0.462. The second kappa shape index (κ2) is 10.2. The summed E-state index contributed by atoms with van der Waals surface area (Å²) in [6, 6.07) is 9.45. The summed E-state index contributed by atoms with van der Waals surface area (Å²) in [5, 5.41) is 0. The number of amides is 2. The van der Waals surface area contributed by atoms with E-state index >= 15 is 0 Å². The third-order valence-electron chi connectivity index (χ3n) is 6.60. The largest absolute Gasteiger partial charge is 0.309 e. The first kappa shape index (κ1) is 23.7. The number of benzene rings is 2. The van der Waals surface area contributed by atoms with Crippen LogP contribution in [0.15, 0.2) is 36.4 Å². The highest BCUT2D eigenvalue weighted by Gasteiger charge is 2.29. The number of hydrogen-bond donors (Lipinski definition) is 0. The molecule has 7 heteroatoms. The van der Waals surface area contributed by atoms with E-state index in [1.54, 1.807) is 33.7 Å². The molecule has 4 rings (SSSR count). The quantitative estimate of drug-likeness (QED) is 0.520. The highest BCUT2D eigenvalue weighted by atomic mass is 32.2. The first-order chi connectivity index (χ1) is 15.8. The molecule has 0 spiro atoms. The molecule has 2 aromatic carbocycles. The summed E-state index contributed by atoms with van der Waals surface area (Å²) in [5.41, 5.74) is 3.40. The number of fused-ring (bicyclic) bond motifs is 2. The summed E-state index contributed by atoms with van der Waals surface area (Å²) in [5.74, 6) is 0.786. The zero-order chi connectivity index (χ0) is 23.5. The molecule has 0 saturated heterocycles. The lowest BCUT2D eigenvalue weighted by molar-refractivity contribution is -0.119. The number of thioether (sulfide) groups is 1. The summed E-state index contributed by atoms with van der Waals surface area (Å²) in [6.07, 6.45) is 3.95. The van der Waals surface area contributed by atoms with E-state index in [1.807, 2.05) is 13.8 Å². The Balaban J connectivity index is 1.28. The minimum Gasteiger partial charge on any atom is -0.309 e. The Labute approximate surface area is 198 Å². The summed E-state index contributed by atoms with van der Waals surface area (Å²) in [4.78, 5) is 29.4. The number of anilines is 2. The molecular weight excluding hydrogens is 442 g/mol. The maximum absolute atomic E-state index is 13.6. The van der Waals surface area contributed by atoms with E-state index in [-0.39, 0.29) is 35.5 Å². The standard InChI is InChI=1S/C26H30F2N2O2S/c1-17-3-5-19-15-21(27)7-9-23(19)29(17)25(31)11-13-33-14-12-26(32)30-18(2)4-6-20-16-22(28)8-10-24(20)30/h7-10,15-18H,3-6,11-14H2,1-2H3/t17-,18+. The zero-order valence-electron chi connectivity index (χ0n) is 19.2. The maximum Gasteiger partial charge on any atom is 0.228 e. The Bertz CT molecular complexity index is 963. The van der Waals surface area contributed by atoms with Crippen LogP contribution in [0.25, 0.3) is 0 Å². The lowest BCUT2D eigenvalue weighted by Gasteiger charge is -2.35. The molecule has 0 fully saturated rings. The molecule has 0 unspecified atom stereocenters. The van der Waals surface area contributed by atoms with Crippen LogP contribution in [0.1, 0.15) is 50.7 Å². The Morgan fingerprint density at radius 1 is 0.818 bits per heavy atom. The van der Waals surface area contributed by atoms with Crippen molar-refractivity contribution in [3.8, 4) is 0 Å². The van der Waals surface area contributed by atoms with Crippen molar-refractivity contribution in [3.05, 3.63) is 59.2 Å². The van der Waals surface area contributed by atoms with Crippen molar-refractivity contribution >= 4 is 35.0 Å². The van der Waals surface area contributed by atoms with Crippen LogP contribution in [0.3, 0.4) is 0 Å². The molecule has 4 nitrogen and oxygen atoms in total. The van der Waals surface area contributed by atoms with Crippen molar-refractivity contribution in [2.24, 2.45) is 0 Å². The van der Waals surface area contributed by atoms with Gasteiger partial charge in [-0.15, -0.1) is 0 Å². The number of carbonyl (C=O) groups is 2. The topological polar surface area (TPSA) is 40.6 Å². The number of rotatable bonds is 6. The minimum absolute atomic E-state index is 0.0366. The molecule has 0 bridgehead atoms.